The molecule has 1 aliphatic rings. The minimum Gasteiger partial charge on any atom is -0.309 e. The fraction of sp³-hybridized carbons (Fsp3) is 0.0588. The van der Waals surface area contributed by atoms with Gasteiger partial charge in [0, 0.05) is 49.0 Å². The van der Waals surface area contributed by atoms with Gasteiger partial charge in [0.15, 0.2) is 5.82 Å². The summed E-state index contributed by atoms with van der Waals surface area (Å²) in [5.41, 5.74) is 12.9. The van der Waals surface area contributed by atoms with Crippen molar-refractivity contribution in [2.45, 2.75) is 19.3 Å². The molecule has 0 spiro atoms. The molecular weight excluding hydrogens is 669 g/mol. The summed E-state index contributed by atoms with van der Waals surface area (Å²) >= 11 is 0. The second-order valence-corrected chi connectivity index (χ2v) is 15.4. The maximum atomic E-state index is 5.54. The molecule has 8 aromatic carbocycles. The Kier molecular flexibility index (Phi) is 6.09. The molecule has 0 radical (unpaired) electrons. The molecule has 0 N–H and O–H groups in total. The number of hydrogen-bond donors (Lipinski definition) is 0. The van der Waals surface area contributed by atoms with Gasteiger partial charge in [-0.15, -0.1) is 0 Å². The first-order valence-electron chi connectivity index (χ1n) is 19.0. The molecule has 0 fully saturated rings. The van der Waals surface area contributed by atoms with Crippen LogP contribution >= 0.6 is 0 Å². The fourth-order valence-corrected chi connectivity index (χ4v) is 9.52. The van der Waals surface area contributed by atoms with Crippen LogP contribution in [0.5, 0.6) is 0 Å². The first-order chi connectivity index (χ1) is 27.0. The lowest BCUT2D eigenvalue weighted by molar-refractivity contribution is 0.660. The highest BCUT2D eigenvalue weighted by Crippen LogP contribution is 2.49. The van der Waals surface area contributed by atoms with Crippen LogP contribution in [0.25, 0.3) is 99.3 Å². The summed E-state index contributed by atoms with van der Waals surface area (Å²) in [4.78, 5) is 10.9. The normalized spacial score (nSPS) is 13.4. The summed E-state index contributed by atoms with van der Waals surface area (Å²) < 4.78 is 4.75. The lowest BCUT2D eigenvalue weighted by Crippen LogP contribution is -2.15. The van der Waals surface area contributed by atoms with Crippen molar-refractivity contribution in [2.24, 2.45) is 0 Å². The van der Waals surface area contributed by atoms with Gasteiger partial charge in [-0.3, -0.25) is 4.57 Å². The summed E-state index contributed by atoms with van der Waals surface area (Å²) in [7, 11) is 0. The standard InChI is InChI=1S/C51H34N4/c1-51(2)42-19-9-5-15-35(42)36-26-24-32(29-43(36)51)49-52-48-34-14-4-3-13-31(34)23-27-40(48)50(53-49)55-46-22-12-8-18-39(46)41-30-33(25-28-47(41)55)54-44-20-10-6-16-37(44)38-17-7-11-21-45(38)54/h3-30H,1-2H3. The quantitative estimate of drug-likeness (QED) is 0.172. The lowest BCUT2D eigenvalue weighted by Gasteiger charge is -2.22. The van der Waals surface area contributed by atoms with E-state index in [1.807, 2.05) is 0 Å². The van der Waals surface area contributed by atoms with Gasteiger partial charge in [-0.05, 0) is 76.2 Å². The van der Waals surface area contributed by atoms with Crippen LogP contribution in [-0.4, -0.2) is 19.1 Å². The minimum absolute atomic E-state index is 0.130. The molecule has 0 saturated heterocycles. The SMILES string of the molecule is CC1(C)c2ccccc2-c2ccc(-c3nc(-n4c5ccccc5c5cc(-n6c7ccccc7c7ccccc76)ccc54)c4ccc5ccccc5c4n3)cc21. The number of benzene rings is 8. The van der Waals surface area contributed by atoms with Gasteiger partial charge in [0.25, 0.3) is 0 Å². The molecule has 0 unspecified atom stereocenters. The molecule has 3 aromatic heterocycles. The van der Waals surface area contributed by atoms with Crippen LogP contribution in [0.4, 0.5) is 0 Å². The topological polar surface area (TPSA) is 35.6 Å². The Hall–Kier alpha value is -7.04. The highest BCUT2D eigenvalue weighted by atomic mass is 15.1. The molecule has 1 aliphatic carbocycles. The van der Waals surface area contributed by atoms with E-state index in [0.717, 1.165) is 55.6 Å². The van der Waals surface area contributed by atoms with Gasteiger partial charge in [-0.2, -0.15) is 0 Å². The zero-order valence-corrected chi connectivity index (χ0v) is 30.5. The van der Waals surface area contributed by atoms with E-state index in [0.29, 0.717) is 0 Å². The first kappa shape index (κ1) is 30.4. The zero-order valence-electron chi connectivity index (χ0n) is 30.5. The molecule has 0 atom stereocenters. The number of nitrogens with zero attached hydrogens (tertiary/aromatic N) is 4. The smallest absolute Gasteiger partial charge is 0.162 e. The van der Waals surface area contributed by atoms with E-state index >= 15 is 0 Å². The summed E-state index contributed by atoms with van der Waals surface area (Å²) in [5.74, 6) is 1.60. The van der Waals surface area contributed by atoms with Crippen LogP contribution in [-0.2, 0) is 5.41 Å². The van der Waals surface area contributed by atoms with Gasteiger partial charge < -0.3 is 4.57 Å². The second kappa shape index (κ2) is 11.0. The Labute approximate surface area is 317 Å². The lowest BCUT2D eigenvalue weighted by atomic mass is 9.82. The van der Waals surface area contributed by atoms with Gasteiger partial charge >= 0.3 is 0 Å². The van der Waals surface area contributed by atoms with E-state index in [1.54, 1.807) is 0 Å². The molecule has 4 nitrogen and oxygen atoms in total. The highest BCUT2D eigenvalue weighted by Gasteiger charge is 2.35. The Balaban J connectivity index is 1.14. The van der Waals surface area contributed by atoms with Gasteiger partial charge in [-0.1, -0.05) is 135 Å². The van der Waals surface area contributed by atoms with Crippen molar-refractivity contribution in [3.05, 3.63) is 181 Å². The Morgan fingerprint density at radius 2 is 1.02 bits per heavy atom. The van der Waals surface area contributed by atoms with Crippen LogP contribution < -0.4 is 0 Å². The van der Waals surface area contributed by atoms with Gasteiger partial charge in [0.2, 0.25) is 0 Å². The molecule has 0 aliphatic heterocycles. The van der Waals surface area contributed by atoms with Gasteiger partial charge in [-0.25, -0.2) is 9.97 Å². The Morgan fingerprint density at radius 1 is 0.418 bits per heavy atom. The Bertz CT molecular complexity index is 3360. The van der Waals surface area contributed by atoms with Crippen molar-refractivity contribution in [2.75, 3.05) is 0 Å². The van der Waals surface area contributed by atoms with E-state index in [1.165, 1.54) is 54.8 Å². The molecular formula is C51H34N4. The summed E-state index contributed by atoms with van der Waals surface area (Å²) in [6, 6.07) is 61.6. The third kappa shape index (κ3) is 4.17. The first-order valence-corrected chi connectivity index (χ1v) is 19.0. The predicted molar refractivity (Wildman–Crippen MR) is 229 cm³/mol. The van der Waals surface area contributed by atoms with Crippen molar-refractivity contribution in [3.8, 4) is 34.0 Å². The van der Waals surface area contributed by atoms with E-state index in [4.69, 9.17) is 9.97 Å². The molecule has 11 aromatic rings. The summed E-state index contributed by atoms with van der Waals surface area (Å²) in [5, 5.41) is 8.18. The number of aromatic nitrogens is 4. The fourth-order valence-electron chi connectivity index (χ4n) is 9.52. The van der Waals surface area contributed by atoms with E-state index in [9.17, 15) is 0 Å². The Morgan fingerprint density at radius 3 is 1.78 bits per heavy atom. The van der Waals surface area contributed by atoms with E-state index in [2.05, 4.69) is 193 Å². The average Bonchev–Trinajstić information content (AvgIpc) is 3.83. The molecule has 4 heteroatoms. The van der Waals surface area contributed by atoms with Crippen molar-refractivity contribution >= 4 is 65.3 Å². The van der Waals surface area contributed by atoms with Gasteiger partial charge in [0.05, 0.1) is 27.6 Å². The largest absolute Gasteiger partial charge is 0.309 e. The van der Waals surface area contributed by atoms with Crippen molar-refractivity contribution in [1.29, 1.82) is 0 Å². The third-order valence-electron chi connectivity index (χ3n) is 12.1. The van der Waals surface area contributed by atoms with E-state index < -0.39 is 0 Å². The summed E-state index contributed by atoms with van der Waals surface area (Å²) in [6.45, 7) is 4.65. The number of hydrogen-bond acceptors (Lipinski definition) is 2. The van der Waals surface area contributed by atoms with Crippen LogP contribution in [0.3, 0.4) is 0 Å². The van der Waals surface area contributed by atoms with Crippen LogP contribution in [0.15, 0.2) is 170 Å². The molecule has 3 heterocycles. The molecule has 0 amide bonds. The number of fused-ring (bicyclic) bond motifs is 12. The maximum Gasteiger partial charge on any atom is 0.162 e. The highest BCUT2D eigenvalue weighted by molar-refractivity contribution is 6.14. The predicted octanol–water partition coefficient (Wildman–Crippen LogP) is 13.0. The summed E-state index contributed by atoms with van der Waals surface area (Å²) in [6.07, 6.45) is 0. The van der Waals surface area contributed by atoms with Crippen LogP contribution in [0.2, 0.25) is 0 Å². The molecule has 12 rings (SSSR count). The van der Waals surface area contributed by atoms with E-state index in [-0.39, 0.29) is 5.41 Å². The maximum absolute atomic E-state index is 5.54. The van der Waals surface area contributed by atoms with Crippen molar-refractivity contribution < 1.29 is 0 Å². The monoisotopic (exact) mass is 702 g/mol. The molecule has 55 heavy (non-hydrogen) atoms. The number of para-hydroxylation sites is 3. The molecule has 258 valence electrons. The van der Waals surface area contributed by atoms with Crippen LogP contribution in [0, 0.1) is 0 Å². The molecule has 0 bridgehead atoms. The zero-order chi connectivity index (χ0) is 36.4. The van der Waals surface area contributed by atoms with Crippen LogP contribution in [0.1, 0.15) is 25.0 Å². The minimum atomic E-state index is -0.130. The average molecular weight is 703 g/mol. The van der Waals surface area contributed by atoms with Gasteiger partial charge in [0.1, 0.15) is 5.82 Å². The third-order valence-corrected chi connectivity index (χ3v) is 12.1. The van der Waals surface area contributed by atoms with Crippen molar-refractivity contribution in [3.63, 3.8) is 0 Å². The van der Waals surface area contributed by atoms with Crippen molar-refractivity contribution in [1.82, 2.24) is 19.1 Å². The number of rotatable bonds is 3. The molecule has 0 saturated carbocycles. The second-order valence-electron chi connectivity index (χ2n) is 15.4.